The van der Waals surface area contributed by atoms with Crippen molar-refractivity contribution in [3.63, 3.8) is 0 Å². The summed E-state index contributed by atoms with van der Waals surface area (Å²) in [6.07, 6.45) is 7.97. The van der Waals surface area contributed by atoms with E-state index in [0.29, 0.717) is 11.8 Å². The van der Waals surface area contributed by atoms with Gasteiger partial charge in [-0.15, -0.1) is 0 Å². The van der Waals surface area contributed by atoms with Crippen molar-refractivity contribution in [3.05, 3.63) is 23.5 Å². The first-order valence-electron chi connectivity index (χ1n) is 10.8. The average molecular weight is 371 g/mol. The van der Waals surface area contributed by atoms with E-state index in [0.717, 1.165) is 63.4 Å². The fraction of sp³-hybridized carbons (Fsp3) is 0.727. The number of amides is 1. The molecule has 3 heterocycles. The average Bonchev–Trinajstić information content (AvgIpc) is 3.33. The number of nitrogens with zero attached hydrogens (tertiary/aromatic N) is 4. The Morgan fingerprint density at radius 1 is 1.04 bits per heavy atom. The second-order valence-corrected chi connectivity index (χ2v) is 8.78. The number of hydrogen-bond acceptors (Lipinski definition) is 4. The summed E-state index contributed by atoms with van der Waals surface area (Å²) >= 11 is 0. The third-order valence-electron chi connectivity index (χ3n) is 6.68. The molecule has 1 aromatic rings. The Balaban J connectivity index is 1.50. The van der Waals surface area contributed by atoms with Crippen molar-refractivity contribution >= 4 is 11.6 Å². The molecule has 1 aromatic heterocycles. The number of rotatable bonds is 4. The van der Waals surface area contributed by atoms with Crippen LogP contribution in [0.1, 0.15) is 62.4 Å². The highest BCUT2D eigenvalue weighted by Gasteiger charge is 2.33. The number of carbonyl (C=O) groups is 1. The standard InChI is InChI=1S/C22H34N4O/c1-17-14-19(25-12-10-24(2)11-13-25)16-20(23-17)21-8-5-9-26(21)22(27)15-18-6-3-4-7-18/h14,16,18,21H,3-13,15H2,1-2H3/t21-/m0/s1. The van der Waals surface area contributed by atoms with Gasteiger partial charge >= 0.3 is 0 Å². The molecule has 0 N–H and O–H groups in total. The minimum atomic E-state index is 0.171. The summed E-state index contributed by atoms with van der Waals surface area (Å²) in [7, 11) is 2.19. The van der Waals surface area contributed by atoms with E-state index < -0.39 is 0 Å². The Kier molecular flexibility index (Phi) is 5.67. The van der Waals surface area contributed by atoms with Crippen LogP contribution in [0, 0.1) is 12.8 Å². The number of hydrogen-bond donors (Lipinski definition) is 0. The van der Waals surface area contributed by atoms with E-state index in [1.807, 2.05) is 0 Å². The van der Waals surface area contributed by atoms with Gasteiger partial charge in [-0.3, -0.25) is 9.78 Å². The van der Waals surface area contributed by atoms with E-state index in [4.69, 9.17) is 4.98 Å². The summed E-state index contributed by atoms with van der Waals surface area (Å²) in [5.74, 6) is 0.971. The zero-order valence-corrected chi connectivity index (χ0v) is 17.0. The molecular weight excluding hydrogens is 336 g/mol. The molecular formula is C22H34N4O. The largest absolute Gasteiger partial charge is 0.369 e. The van der Waals surface area contributed by atoms with Crippen LogP contribution in [-0.2, 0) is 4.79 Å². The van der Waals surface area contributed by atoms with Gasteiger partial charge < -0.3 is 14.7 Å². The van der Waals surface area contributed by atoms with Crippen molar-refractivity contribution in [2.45, 2.75) is 57.9 Å². The van der Waals surface area contributed by atoms with Crippen LogP contribution in [-0.4, -0.2) is 60.5 Å². The van der Waals surface area contributed by atoms with Crippen LogP contribution in [0.3, 0.4) is 0 Å². The topological polar surface area (TPSA) is 39.7 Å². The van der Waals surface area contributed by atoms with Gasteiger partial charge in [0.05, 0.1) is 11.7 Å². The highest BCUT2D eigenvalue weighted by atomic mass is 16.2. The van der Waals surface area contributed by atoms with Gasteiger partial charge in [0.1, 0.15) is 0 Å². The van der Waals surface area contributed by atoms with Crippen LogP contribution in [0.4, 0.5) is 5.69 Å². The first kappa shape index (κ1) is 18.7. The number of anilines is 1. The quantitative estimate of drug-likeness (QED) is 0.814. The molecule has 0 radical (unpaired) electrons. The molecule has 3 fully saturated rings. The van der Waals surface area contributed by atoms with Crippen LogP contribution >= 0.6 is 0 Å². The number of likely N-dealkylation sites (N-methyl/N-ethyl adjacent to an activating group) is 1. The highest BCUT2D eigenvalue weighted by Crippen LogP contribution is 2.35. The van der Waals surface area contributed by atoms with Crippen molar-refractivity contribution in [1.29, 1.82) is 0 Å². The van der Waals surface area contributed by atoms with Gasteiger partial charge in [0.15, 0.2) is 0 Å². The number of pyridine rings is 1. The molecule has 1 atom stereocenters. The number of carbonyl (C=O) groups excluding carboxylic acids is 1. The fourth-order valence-electron chi connectivity index (χ4n) is 5.04. The molecule has 0 aromatic carbocycles. The number of piperazine rings is 1. The first-order valence-corrected chi connectivity index (χ1v) is 10.8. The summed E-state index contributed by atoms with van der Waals surface area (Å²) in [6, 6.07) is 4.63. The maximum Gasteiger partial charge on any atom is 0.223 e. The molecule has 0 unspecified atom stereocenters. The van der Waals surface area contributed by atoms with Crippen LogP contribution in [0.25, 0.3) is 0 Å². The van der Waals surface area contributed by atoms with Gasteiger partial charge in [0, 0.05) is 50.5 Å². The fourth-order valence-corrected chi connectivity index (χ4v) is 5.04. The van der Waals surface area contributed by atoms with E-state index in [1.165, 1.54) is 31.4 Å². The Labute approximate surface area is 163 Å². The molecule has 1 amide bonds. The summed E-state index contributed by atoms with van der Waals surface area (Å²) in [5, 5.41) is 0. The van der Waals surface area contributed by atoms with Gasteiger partial charge in [-0.05, 0) is 57.7 Å². The van der Waals surface area contributed by atoms with Gasteiger partial charge in [0.2, 0.25) is 5.91 Å². The van der Waals surface area contributed by atoms with Crippen LogP contribution in [0.2, 0.25) is 0 Å². The predicted molar refractivity (Wildman–Crippen MR) is 109 cm³/mol. The Hall–Kier alpha value is -1.62. The van der Waals surface area contributed by atoms with Crippen LogP contribution in [0.15, 0.2) is 12.1 Å². The molecule has 4 rings (SSSR count). The second-order valence-electron chi connectivity index (χ2n) is 8.78. The maximum absolute atomic E-state index is 13.0. The molecule has 3 aliphatic rings. The molecule has 1 saturated carbocycles. The third kappa shape index (κ3) is 4.29. The normalized spacial score (nSPS) is 24.7. The summed E-state index contributed by atoms with van der Waals surface area (Å²) in [6.45, 7) is 7.32. The van der Waals surface area contributed by atoms with Gasteiger partial charge in [-0.25, -0.2) is 0 Å². The Bertz CT molecular complexity index is 662. The van der Waals surface area contributed by atoms with E-state index in [1.54, 1.807) is 0 Å². The monoisotopic (exact) mass is 370 g/mol. The predicted octanol–water partition coefficient (Wildman–Crippen LogP) is 3.39. The van der Waals surface area contributed by atoms with E-state index in [9.17, 15) is 4.79 Å². The van der Waals surface area contributed by atoms with Gasteiger partial charge in [0.25, 0.3) is 0 Å². The SMILES string of the molecule is Cc1cc(N2CCN(C)CC2)cc([C@@H]2CCCN2C(=O)CC2CCCC2)n1. The molecule has 27 heavy (non-hydrogen) atoms. The van der Waals surface area contributed by atoms with Crippen molar-refractivity contribution in [3.8, 4) is 0 Å². The summed E-state index contributed by atoms with van der Waals surface area (Å²) < 4.78 is 0. The minimum absolute atomic E-state index is 0.171. The molecule has 148 valence electrons. The molecule has 5 nitrogen and oxygen atoms in total. The summed E-state index contributed by atoms with van der Waals surface area (Å²) in [5.41, 5.74) is 3.44. The number of likely N-dealkylation sites (tertiary alicyclic amines) is 1. The highest BCUT2D eigenvalue weighted by molar-refractivity contribution is 5.77. The van der Waals surface area contributed by atoms with E-state index >= 15 is 0 Å². The van der Waals surface area contributed by atoms with Crippen molar-refractivity contribution in [2.24, 2.45) is 5.92 Å². The van der Waals surface area contributed by atoms with Crippen molar-refractivity contribution in [2.75, 3.05) is 44.7 Å². The zero-order valence-electron chi connectivity index (χ0n) is 17.0. The number of aromatic nitrogens is 1. The van der Waals surface area contributed by atoms with Gasteiger partial charge in [-0.2, -0.15) is 0 Å². The first-order chi connectivity index (χ1) is 13.1. The molecule has 0 bridgehead atoms. The van der Waals surface area contributed by atoms with E-state index in [2.05, 4.69) is 40.8 Å². The van der Waals surface area contributed by atoms with E-state index in [-0.39, 0.29) is 6.04 Å². The van der Waals surface area contributed by atoms with Crippen molar-refractivity contribution in [1.82, 2.24) is 14.8 Å². The molecule has 2 saturated heterocycles. The molecule has 5 heteroatoms. The molecule has 1 aliphatic carbocycles. The van der Waals surface area contributed by atoms with Crippen LogP contribution in [0.5, 0.6) is 0 Å². The third-order valence-corrected chi connectivity index (χ3v) is 6.68. The maximum atomic E-state index is 13.0. The Morgan fingerprint density at radius 3 is 2.52 bits per heavy atom. The lowest BCUT2D eigenvalue weighted by Gasteiger charge is -2.35. The van der Waals surface area contributed by atoms with Gasteiger partial charge in [-0.1, -0.05) is 12.8 Å². The smallest absolute Gasteiger partial charge is 0.223 e. The minimum Gasteiger partial charge on any atom is -0.369 e. The van der Waals surface area contributed by atoms with Crippen molar-refractivity contribution < 1.29 is 4.79 Å². The lowest BCUT2D eigenvalue weighted by atomic mass is 10.0. The lowest BCUT2D eigenvalue weighted by Crippen LogP contribution is -2.44. The molecule has 2 aliphatic heterocycles. The molecule has 0 spiro atoms. The Morgan fingerprint density at radius 2 is 1.78 bits per heavy atom. The lowest BCUT2D eigenvalue weighted by molar-refractivity contribution is -0.133. The summed E-state index contributed by atoms with van der Waals surface area (Å²) in [4.78, 5) is 24.8. The second kappa shape index (κ2) is 8.17. The van der Waals surface area contributed by atoms with Crippen LogP contribution < -0.4 is 4.90 Å². The number of aryl methyl sites for hydroxylation is 1. The zero-order chi connectivity index (χ0) is 18.8.